The van der Waals surface area contributed by atoms with Crippen molar-refractivity contribution in [3.8, 4) is 0 Å². The first-order valence-corrected chi connectivity index (χ1v) is 8.43. The fourth-order valence-corrected chi connectivity index (χ4v) is 2.15. The van der Waals surface area contributed by atoms with E-state index in [2.05, 4.69) is 25.2 Å². The lowest BCUT2D eigenvalue weighted by Gasteiger charge is -2.20. The highest BCUT2D eigenvalue weighted by Gasteiger charge is 2.16. The average molecular weight is 334 g/mol. The minimum Gasteiger partial charge on any atom is -0.444 e. The highest BCUT2D eigenvalue weighted by atomic mass is 16.6. The molecule has 0 aliphatic rings. The quantitative estimate of drug-likeness (QED) is 0.798. The van der Waals surface area contributed by atoms with Crippen LogP contribution in [0.1, 0.15) is 58.9 Å². The molecule has 1 aromatic carbocycles. The molecular formula is C19H30N2O3. The van der Waals surface area contributed by atoms with E-state index in [-0.39, 0.29) is 5.91 Å². The molecule has 0 spiro atoms. The van der Waals surface area contributed by atoms with Crippen molar-refractivity contribution in [2.45, 2.75) is 59.0 Å². The van der Waals surface area contributed by atoms with E-state index in [1.54, 1.807) is 11.9 Å². The molecule has 1 aromatic rings. The van der Waals surface area contributed by atoms with Crippen LogP contribution in [0.15, 0.2) is 24.3 Å². The first kappa shape index (κ1) is 20.0. The molecule has 5 heteroatoms. The maximum absolute atomic E-state index is 12.3. The Morgan fingerprint density at radius 3 is 2.50 bits per heavy atom. The van der Waals surface area contributed by atoms with Gasteiger partial charge in [-0.1, -0.05) is 26.0 Å². The van der Waals surface area contributed by atoms with Crippen LogP contribution in [0.5, 0.6) is 0 Å². The third kappa shape index (κ3) is 7.02. The fourth-order valence-electron chi connectivity index (χ4n) is 2.15. The number of hydrogen-bond donors (Lipinski definition) is 1. The summed E-state index contributed by atoms with van der Waals surface area (Å²) in [6.07, 6.45) is 0.498. The molecule has 0 saturated carbocycles. The molecule has 1 rings (SSSR count). The van der Waals surface area contributed by atoms with E-state index >= 15 is 0 Å². The summed E-state index contributed by atoms with van der Waals surface area (Å²) in [6.45, 7) is 10.1. The molecule has 5 nitrogen and oxygen atoms in total. The van der Waals surface area contributed by atoms with Crippen molar-refractivity contribution < 1.29 is 14.3 Å². The fraction of sp³-hybridized carbons (Fsp3) is 0.579. The third-order valence-corrected chi connectivity index (χ3v) is 3.53. The highest BCUT2D eigenvalue weighted by Crippen LogP contribution is 2.21. The molecular weight excluding hydrogens is 304 g/mol. The standard InChI is InChI=1S/C19H30N2O3/c1-14(2)15-9-7-10-16(13-15)21(6)17(22)11-8-12-20-18(23)24-19(3,4)5/h7,9-10,13-14H,8,11-12H2,1-6H3,(H,20,23). The predicted molar refractivity (Wildman–Crippen MR) is 97.4 cm³/mol. The van der Waals surface area contributed by atoms with Crippen LogP contribution in [0.2, 0.25) is 0 Å². The van der Waals surface area contributed by atoms with Gasteiger partial charge < -0.3 is 15.0 Å². The number of nitrogens with one attached hydrogen (secondary N) is 1. The Kier molecular flexibility index (Phi) is 7.26. The van der Waals surface area contributed by atoms with Crippen molar-refractivity contribution in [3.05, 3.63) is 29.8 Å². The Labute approximate surface area is 145 Å². The summed E-state index contributed by atoms with van der Waals surface area (Å²) in [5.41, 5.74) is 1.59. The van der Waals surface area contributed by atoms with Crippen molar-refractivity contribution in [2.75, 3.05) is 18.5 Å². The molecule has 2 amide bonds. The molecule has 0 aliphatic carbocycles. The monoisotopic (exact) mass is 334 g/mol. The van der Waals surface area contributed by atoms with Crippen LogP contribution < -0.4 is 10.2 Å². The maximum Gasteiger partial charge on any atom is 0.407 e. The lowest BCUT2D eigenvalue weighted by Crippen LogP contribution is -2.33. The van der Waals surface area contributed by atoms with Crippen LogP contribution in [0.3, 0.4) is 0 Å². The molecule has 1 N–H and O–H groups in total. The summed E-state index contributed by atoms with van der Waals surface area (Å²) in [7, 11) is 1.78. The number of benzene rings is 1. The van der Waals surface area contributed by atoms with Crippen LogP contribution in [-0.2, 0) is 9.53 Å². The van der Waals surface area contributed by atoms with E-state index in [4.69, 9.17) is 4.74 Å². The number of anilines is 1. The van der Waals surface area contributed by atoms with Crippen LogP contribution in [0, 0.1) is 0 Å². The summed E-state index contributed by atoms with van der Waals surface area (Å²) in [5.74, 6) is 0.452. The maximum atomic E-state index is 12.3. The van der Waals surface area contributed by atoms with Crippen molar-refractivity contribution in [3.63, 3.8) is 0 Å². The van der Waals surface area contributed by atoms with Crippen LogP contribution in [0.4, 0.5) is 10.5 Å². The zero-order valence-electron chi connectivity index (χ0n) is 15.7. The molecule has 0 atom stereocenters. The Morgan fingerprint density at radius 2 is 1.92 bits per heavy atom. The number of alkyl carbamates (subject to hydrolysis) is 1. The van der Waals surface area contributed by atoms with Gasteiger partial charge in [-0.3, -0.25) is 4.79 Å². The first-order chi connectivity index (χ1) is 11.1. The molecule has 24 heavy (non-hydrogen) atoms. The lowest BCUT2D eigenvalue weighted by molar-refractivity contribution is -0.118. The Bertz CT molecular complexity index is 562. The van der Waals surface area contributed by atoms with E-state index in [1.165, 1.54) is 5.56 Å². The molecule has 0 unspecified atom stereocenters. The minimum atomic E-state index is -0.512. The summed E-state index contributed by atoms with van der Waals surface area (Å²) < 4.78 is 5.15. The van der Waals surface area contributed by atoms with Crippen LogP contribution >= 0.6 is 0 Å². The smallest absolute Gasteiger partial charge is 0.407 e. The van der Waals surface area contributed by atoms with Crippen LogP contribution in [0.25, 0.3) is 0 Å². The zero-order chi connectivity index (χ0) is 18.3. The van der Waals surface area contributed by atoms with E-state index in [0.717, 1.165) is 5.69 Å². The second-order valence-electron chi connectivity index (χ2n) is 7.23. The largest absolute Gasteiger partial charge is 0.444 e. The van der Waals surface area contributed by atoms with E-state index in [1.807, 2.05) is 39.0 Å². The Balaban J connectivity index is 2.42. The zero-order valence-corrected chi connectivity index (χ0v) is 15.7. The van der Waals surface area contributed by atoms with Crippen LogP contribution in [-0.4, -0.2) is 31.2 Å². The normalized spacial score (nSPS) is 11.3. The van der Waals surface area contributed by atoms with E-state index < -0.39 is 11.7 Å². The average Bonchev–Trinajstić information content (AvgIpc) is 2.49. The molecule has 0 saturated heterocycles. The van der Waals surface area contributed by atoms with Gasteiger partial charge in [-0.15, -0.1) is 0 Å². The molecule has 0 aliphatic heterocycles. The van der Waals surface area contributed by atoms with Gasteiger partial charge in [0, 0.05) is 25.7 Å². The molecule has 0 radical (unpaired) electrons. The number of nitrogens with zero attached hydrogens (tertiary/aromatic N) is 1. The number of rotatable bonds is 6. The van der Waals surface area contributed by atoms with Gasteiger partial charge in [0.2, 0.25) is 5.91 Å². The van der Waals surface area contributed by atoms with Gasteiger partial charge in [-0.05, 0) is 50.8 Å². The van der Waals surface area contributed by atoms with Crippen molar-refractivity contribution in [1.82, 2.24) is 5.32 Å². The number of ether oxygens (including phenoxy) is 1. The van der Waals surface area contributed by atoms with Gasteiger partial charge in [-0.2, -0.15) is 0 Å². The van der Waals surface area contributed by atoms with Gasteiger partial charge in [0.05, 0.1) is 0 Å². The van der Waals surface area contributed by atoms with Gasteiger partial charge >= 0.3 is 6.09 Å². The van der Waals surface area contributed by atoms with E-state index in [9.17, 15) is 9.59 Å². The molecule has 0 fully saturated rings. The van der Waals surface area contributed by atoms with Crippen molar-refractivity contribution in [2.24, 2.45) is 0 Å². The second kappa shape index (κ2) is 8.71. The van der Waals surface area contributed by atoms with Gasteiger partial charge in [-0.25, -0.2) is 4.79 Å². The SMILES string of the molecule is CC(C)c1cccc(N(C)C(=O)CCCNC(=O)OC(C)(C)C)c1. The molecule has 0 bridgehead atoms. The molecule has 0 heterocycles. The lowest BCUT2D eigenvalue weighted by atomic mass is 10.0. The number of carbonyl (C=O) groups is 2. The summed E-state index contributed by atoms with van der Waals surface area (Å²) >= 11 is 0. The Morgan fingerprint density at radius 1 is 1.25 bits per heavy atom. The number of hydrogen-bond acceptors (Lipinski definition) is 3. The summed E-state index contributed by atoms with van der Waals surface area (Å²) in [5, 5.41) is 2.67. The number of amides is 2. The predicted octanol–water partition coefficient (Wildman–Crippen LogP) is 4.08. The topological polar surface area (TPSA) is 58.6 Å². The van der Waals surface area contributed by atoms with E-state index in [0.29, 0.717) is 25.3 Å². The summed E-state index contributed by atoms with van der Waals surface area (Å²) in [4.78, 5) is 25.5. The van der Waals surface area contributed by atoms with Gasteiger partial charge in [0.25, 0.3) is 0 Å². The van der Waals surface area contributed by atoms with Crippen molar-refractivity contribution in [1.29, 1.82) is 0 Å². The van der Waals surface area contributed by atoms with Gasteiger partial charge in [0.15, 0.2) is 0 Å². The second-order valence-corrected chi connectivity index (χ2v) is 7.23. The van der Waals surface area contributed by atoms with Crippen molar-refractivity contribution >= 4 is 17.7 Å². The first-order valence-electron chi connectivity index (χ1n) is 8.43. The summed E-state index contributed by atoms with van der Waals surface area (Å²) in [6, 6.07) is 8.01. The highest BCUT2D eigenvalue weighted by molar-refractivity contribution is 5.92. The molecule has 134 valence electrons. The molecule has 0 aromatic heterocycles. The van der Waals surface area contributed by atoms with Gasteiger partial charge in [0.1, 0.15) is 5.60 Å². The Hall–Kier alpha value is -2.04. The third-order valence-electron chi connectivity index (χ3n) is 3.53. The minimum absolute atomic E-state index is 0.0295. The number of carbonyl (C=O) groups excluding carboxylic acids is 2.